The second-order valence-corrected chi connectivity index (χ2v) is 8.91. The Morgan fingerprint density at radius 2 is 1.77 bits per heavy atom. The van der Waals surface area contributed by atoms with E-state index in [1.807, 2.05) is 0 Å². The second-order valence-electron chi connectivity index (χ2n) is 8.91. The van der Waals surface area contributed by atoms with E-state index in [9.17, 15) is 10.2 Å². The molecule has 122 valence electrons. The van der Waals surface area contributed by atoms with Gasteiger partial charge in [0.1, 0.15) is 0 Å². The average Bonchev–Trinajstić information content (AvgIpc) is 2.70. The molecule has 0 heterocycles. The van der Waals surface area contributed by atoms with Gasteiger partial charge in [-0.15, -0.1) is 0 Å². The monoisotopic (exact) mass is 302 g/mol. The Bertz CT molecular complexity index is 546. The Morgan fingerprint density at radius 3 is 2.55 bits per heavy atom. The zero-order valence-electron chi connectivity index (χ0n) is 14.2. The highest BCUT2D eigenvalue weighted by molar-refractivity contribution is 5.27. The van der Waals surface area contributed by atoms with Crippen molar-refractivity contribution in [2.24, 2.45) is 34.5 Å². The third-order valence-corrected chi connectivity index (χ3v) is 8.09. The maximum atomic E-state index is 10.5. The van der Waals surface area contributed by atoms with Crippen LogP contribution in [0.15, 0.2) is 23.8 Å². The third-order valence-electron chi connectivity index (χ3n) is 8.09. The molecule has 4 aliphatic carbocycles. The Morgan fingerprint density at radius 1 is 1.05 bits per heavy atom. The fourth-order valence-electron chi connectivity index (χ4n) is 6.60. The SMILES string of the molecule is CC1=CC2CCC=C[C@]2(C)[C@@H]2CC[C@@]3(C)[C@@H](CCC3(O)O)[C@H]12. The summed E-state index contributed by atoms with van der Waals surface area (Å²) >= 11 is 0. The molecule has 0 radical (unpaired) electrons. The van der Waals surface area contributed by atoms with Crippen LogP contribution in [0.3, 0.4) is 0 Å². The van der Waals surface area contributed by atoms with Crippen molar-refractivity contribution in [1.82, 2.24) is 0 Å². The highest BCUT2D eigenvalue weighted by Gasteiger charge is 2.63. The molecule has 0 amide bonds. The van der Waals surface area contributed by atoms with Crippen molar-refractivity contribution in [3.63, 3.8) is 0 Å². The molecule has 0 bridgehead atoms. The van der Waals surface area contributed by atoms with Gasteiger partial charge in [0, 0.05) is 11.8 Å². The van der Waals surface area contributed by atoms with E-state index in [1.54, 1.807) is 0 Å². The summed E-state index contributed by atoms with van der Waals surface area (Å²) < 4.78 is 0. The number of hydrogen-bond donors (Lipinski definition) is 2. The van der Waals surface area contributed by atoms with Crippen LogP contribution in [-0.2, 0) is 0 Å². The third kappa shape index (κ3) is 1.69. The first kappa shape index (κ1) is 15.0. The highest BCUT2D eigenvalue weighted by Crippen LogP contribution is 2.66. The molecule has 2 fully saturated rings. The molecule has 0 aromatic carbocycles. The van der Waals surface area contributed by atoms with Gasteiger partial charge in [-0.25, -0.2) is 0 Å². The lowest BCUT2D eigenvalue weighted by atomic mass is 9.47. The largest absolute Gasteiger partial charge is 0.365 e. The first-order chi connectivity index (χ1) is 10.3. The summed E-state index contributed by atoms with van der Waals surface area (Å²) in [6.45, 7) is 6.88. The normalized spacial score (nSPS) is 52.5. The molecule has 1 unspecified atom stereocenters. The average molecular weight is 302 g/mol. The zero-order valence-corrected chi connectivity index (χ0v) is 14.2. The van der Waals surface area contributed by atoms with Crippen molar-refractivity contribution in [3.05, 3.63) is 23.8 Å². The predicted octanol–water partition coefficient (Wildman–Crippen LogP) is 4.04. The van der Waals surface area contributed by atoms with E-state index in [0.29, 0.717) is 30.1 Å². The van der Waals surface area contributed by atoms with E-state index in [0.717, 1.165) is 19.3 Å². The molecule has 0 aliphatic heterocycles. The minimum atomic E-state index is -1.47. The number of hydrogen-bond acceptors (Lipinski definition) is 2. The van der Waals surface area contributed by atoms with Crippen LogP contribution in [0.2, 0.25) is 0 Å². The first-order valence-corrected chi connectivity index (χ1v) is 9.10. The van der Waals surface area contributed by atoms with Crippen LogP contribution in [-0.4, -0.2) is 16.0 Å². The summed E-state index contributed by atoms with van der Waals surface area (Å²) in [6, 6.07) is 0. The number of fused-ring (bicyclic) bond motifs is 5. The van der Waals surface area contributed by atoms with Crippen molar-refractivity contribution in [2.45, 2.75) is 65.1 Å². The van der Waals surface area contributed by atoms with Crippen LogP contribution in [0, 0.1) is 34.5 Å². The van der Waals surface area contributed by atoms with Gasteiger partial charge in [0.15, 0.2) is 5.79 Å². The molecule has 2 nitrogen and oxygen atoms in total. The molecule has 0 aromatic heterocycles. The van der Waals surface area contributed by atoms with Crippen molar-refractivity contribution in [2.75, 3.05) is 0 Å². The molecule has 2 saturated carbocycles. The Hall–Kier alpha value is -0.600. The van der Waals surface area contributed by atoms with Crippen LogP contribution in [0.5, 0.6) is 0 Å². The Labute approximate surface area is 134 Å². The topological polar surface area (TPSA) is 40.5 Å². The standard InChI is InChI=1S/C20H30O2/c1-13-12-14-6-4-5-9-18(14,2)15-7-10-19(3)16(17(13)15)8-11-20(19,21)22/h5,9,12,14-17,21-22H,4,6-8,10-11H2,1-3H3/t14?,15-,16+,17-,18+,19+/m1/s1. The molecule has 0 spiro atoms. The fourth-order valence-corrected chi connectivity index (χ4v) is 6.60. The van der Waals surface area contributed by atoms with E-state index in [4.69, 9.17) is 0 Å². The van der Waals surface area contributed by atoms with Gasteiger partial charge in [-0.3, -0.25) is 0 Å². The summed E-state index contributed by atoms with van der Waals surface area (Å²) in [6.07, 6.45) is 13.5. The lowest BCUT2D eigenvalue weighted by molar-refractivity contribution is -0.245. The second kappa shape index (κ2) is 4.48. The highest BCUT2D eigenvalue weighted by atomic mass is 16.5. The van der Waals surface area contributed by atoms with Crippen molar-refractivity contribution < 1.29 is 10.2 Å². The smallest absolute Gasteiger partial charge is 0.168 e. The van der Waals surface area contributed by atoms with Crippen LogP contribution in [0.25, 0.3) is 0 Å². The summed E-state index contributed by atoms with van der Waals surface area (Å²) in [7, 11) is 0. The van der Waals surface area contributed by atoms with E-state index >= 15 is 0 Å². The number of rotatable bonds is 0. The lowest BCUT2D eigenvalue weighted by Crippen LogP contribution is -2.55. The van der Waals surface area contributed by atoms with Gasteiger partial charge in [-0.1, -0.05) is 37.6 Å². The molecule has 4 rings (SSSR count). The summed E-state index contributed by atoms with van der Waals surface area (Å²) in [5.74, 6) is 0.835. The predicted molar refractivity (Wildman–Crippen MR) is 87.9 cm³/mol. The number of aliphatic hydroxyl groups is 2. The fraction of sp³-hybridized carbons (Fsp3) is 0.800. The Kier molecular flexibility index (Phi) is 3.05. The summed E-state index contributed by atoms with van der Waals surface area (Å²) in [5.41, 5.74) is 1.47. The molecule has 2 N–H and O–H groups in total. The van der Waals surface area contributed by atoms with E-state index in [2.05, 4.69) is 39.0 Å². The summed E-state index contributed by atoms with van der Waals surface area (Å²) in [4.78, 5) is 0. The maximum Gasteiger partial charge on any atom is 0.168 e. The summed E-state index contributed by atoms with van der Waals surface area (Å²) in [5, 5.41) is 21.1. The van der Waals surface area contributed by atoms with Crippen LogP contribution in [0.1, 0.15) is 59.3 Å². The lowest BCUT2D eigenvalue weighted by Gasteiger charge is -2.58. The number of allylic oxidation sites excluding steroid dienone is 4. The van der Waals surface area contributed by atoms with Crippen LogP contribution >= 0.6 is 0 Å². The molecule has 6 atom stereocenters. The van der Waals surface area contributed by atoms with Gasteiger partial charge in [0.2, 0.25) is 0 Å². The zero-order chi connectivity index (χ0) is 15.8. The minimum absolute atomic E-state index is 0.278. The molecule has 2 heteroatoms. The van der Waals surface area contributed by atoms with E-state index in [1.165, 1.54) is 18.4 Å². The minimum Gasteiger partial charge on any atom is -0.365 e. The van der Waals surface area contributed by atoms with Gasteiger partial charge in [-0.2, -0.15) is 0 Å². The molecule has 22 heavy (non-hydrogen) atoms. The van der Waals surface area contributed by atoms with Crippen molar-refractivity contribution in [3.8, 4) is 0 Å². The molecule has 0 aromatic rings. The van der Waals surface area contributed by atoms with Crippen LogP contribution in [0.4, 0.5) is 0 Å². The van der Waals surface area contributed by atoms with Gasteiger partial charge in [0.05, 0.1) is 0 Å². The van der Waals surface area contributed by atoms with Gasteiger partial charge in [0.25, 0.3) is 0 Å². The van der Waals surface area contributed by atoms with Crippen molar-refractivity contribution >= 4 is 0 Å². The first-order valence-electron chi connectivity index (χ1n) is 9.10. The molecule has 4 aliphatic rings. The van der Waals surface area contributed by atoms with E-state index < -0.39 is 5.79 Å². The van der Waals surface area contributed by atoms with E-state index in [-0.39, 0.29) is 10.8 Å². The van der Waals surface area contributed by atoms with Gasteiger partial charge >= 0.3 is 0 Å². The molecular formula is C20H30O2. The van der Waals surface area contributed by atoms with Gasteiger partial charge < -0.3 is 10.2 Å². The maximum absolute atomic E-state index is 10.5. The molecule has 0 saturated heterocycles. The van der Waals surface area contributed by atoms with Crippen molar-refractivity contribution in [1.29, 1.82) is 0 Å². The molecular weight excluding hydrogens is 272 g/mol. The van der Waals surface area contributed by atoms with Gasteiger partial charge in [-0.05, 0) is 68.1 Å². The Balaban J connectivity index is 1.78. The van der Waals surface area contributed by atoms with Crippen LogP contribution < -0.4 is 0 Å². The quantitative estimate of drug-likeness (QED) is 0.523.